The molecule has 17 heavy (non-hydrogen) atoms. The quantitative estimate of drug-likeness (QED) is 0.800. The van der Waals surface area contributed by atoms with Crippen molar-refractivity contribution in [1.29, 1.82) is 0 Å². The minimum Gasteiger partial charge on any atom is -0.336 e. The normalized spacial score (nSPS) is 19.6. The molecule has 0 aromatic heterocycles. The Balaban J connectivity index is 2.34. The molecule has 1 heterocycles. The van der Waals surface area contributed by atoms with Gasteiger partial charge in [0.1, 0.15) is 0 Å². The molecule has 0 fully saturated rings. The van der Waals surface area contributed by atoms with Crippen LogP contribution in [0.3, 0.4) is 0 Å². The second-order valence-electron chi connectivity index (χ2n) is 5.52. The highest BCUT2D eigenvalue weighted by Gasteiger charge is 2.34. The maximum absolute atomic E-state index is 12.0. The highest BCUT2D eigenvalue weighted by atomic mass is 16.2. The molecule has 92 valence electrons. The third-order valence-corrected chi connectivity index (χ3v) is 3.40. The minimum absolute atomic E-state index is 0.000602. The molecule has 1 aliphatic heterocycles. The van der Waals surface area contributed by atoms with E-state index in [4.69, 9.17) is 5.73 Å². The van der Waals surface area contributed by atoms with E-state index in [1.807, 2.05) is 11.0 Å². The topological polar surface area (TPSA) is 46.3 Å². The molecule has 1 atom stereocenters. The molecular formula is C14H20N2O. The van der Waals surface area contributed by atoms with Gasteiger partial charge in [-0.1, -0.05) is 38.1 Å². The van der Waals surface area contributed by atoms with Gasteiger partial charge in [0.2, 0.25) is 5.91 Å². The van der Waals surface area contributed by atoms with Gasteiger partial charge in [-0.2, -0.15) is 0 Å². The van der Waals surface area contributed by atoms with Gasteiger partial charge >= 0.3 is 0 Å². The number of fused-ring (bicyclic) bond motifs is 1. The molecule has 1 aromatic carbocycles. The van der Waals surface area contributed by atoms with Gasteiger partial charge in [0, 0.05) is 18.5 Å². The summed E-state index contributed by atoms with van der Waals surface area (Å²) in [6.45, 7) is 7.51. The van der Waals surface area contributed by atoms with Gasteiger partial charge in [0.05, 0.1) is 6.04 Å². The monoisotopic (exact) mass is 232 g/mol. The number of hydrogen-bond donors (Lipinski definition) is 1. The standard InChI is InChI=1S/C14H20N2O/c1-10(15)13(17)16-8-11-6-4-5-7-12(11)14(2,3)9-16/h4-7,10H,8-9,15H2,1-3H3. The van der Waals surface area contributed by atoms with Crippen molar-refractivity contribution in [3.8, 4) is 0 Å². The fraction of sp³-hybridized carbons (Fsp3) is 0.500. The second-order valence-corrected chi connectivity index (χ2v) is 5.52. The van der Waals surface area contributed by atoms with Gasteiger partial charge < -0.3 is 10.6 Å². The number of hydrogen-bond acceptors (Lipinski definition) is 2. The molecule has 0 saturated carbocycles. The van der Waals surface area contributed by atoms with Crippen LogP contribution in [-0.2, 0) is 16.8 Å². The van der Waals surface area contributed by atoms with Crippen LogP contribution in [0.5, 0.6) is 0 Å². The molecule has 0 aliphatic carbocycles. The molecular weight excluding hydrogens is 212 g/mol. The Kier molecular flexibility index (Phi) is 2.96. The number of benzene rings is 1. The van der Waals surface area contributed by atoms with Crippen molar-refractivity contribution in [1.82, 2.24) is 4.90 Å². The fourth-order valence-electron chi connectivity index (χ4n) is 2.59. The first-order valence-electron chi connectivity index (χ1n) is 6.04. The zero-order chi connectivity index (χ0) is 12.6. The summed E-state index contributed by atoms with van der Waals surface area (Å²) in [4.78, 5) is 13.9. The summed E-state index contributed by atoms with van der Waals surface area (Å²) in [5.74, 6) is 0.0348. The van der Waals surface area contributed by atoms with Gasteiger partial charge in [0.15, 0.2) is 0 Å². The lowest BCUT2D eigenvalue weighted by molar-refractivity contribution is -0.134. The van der Waals surface area contributed by atoms with Gasteiger partial charge in [-0.3, -0.25) is 4.79 Å². The van der Waals surface area contributed by atoms with E-state index < -0.39 is 6.04 Å². The van der Waals surface area contributed by atoms with E-state index in [-0.39, 0.29) is 11.3 Å². The van der Waals surface area contributed by atoms with Crippen LogP contribution in [0, 0.1) is 0 Å². The zero-order valence-corrected chi connectivity index (χ0v) is 10.7. The van der Waals surface area contributed by atoms with E-state index in [0.717, 1.165) is 6.54 Å². The summed E-state index contributed by atoms with van der Waals surface area (Å²) in [6, 6.07) is 7.91. The predicted molar refractivity (Wildman–Crippen MR) is 68.5 cm³/mol. The van der Waals surface area contributed by atoms with E-state index in [1.54, 1.807) is 6.92 Å². The third-order valence-electron chi connectivity index (χ3n) is 3.40. The van der Waals surface area contributed by atoms with Gasteiger partial charge in [-0.05, 0) is 18.1 Å². The summed E-state index contributed by atoms with van der Waals surface area (Å²) in [5.41, 5.74) is 8.26. The molecule has 1 unspecified atom stereocenters. The van der Waals surface area contributed by atoms with Crippen LogP contribution >= 0.6 is 0 Å². The molecule has 3 heteroatoms. The smallest absolute Gasteiger partial charge is 0.239 e. The van der Waals surface area contributed by atoms with Crippen molar-refractivity contribution in [3.63, 3.8) is 0 Å². The first-order valence-corrected chi connectivity index (χ1v) is 6.04. The van der Waals surface area contributed by atoms with Crippen molar-refractivity contribution < 1.29 is 4.79 Å². The number of carbonyl (C=O) groups excluding carboxylic acids is 1. The zero-order valence-electron chi connectivity index (χ0n) is 10.7. The maximum Gasteiger partial charge on any atom is 0.239 e. The molecule has 2 rings (SSSR count). The van der Waals surface area contributed by atoms with E-state index in [1.165, 1.54) is 11.1 Å². The SMILES string of the molecule is CC(N)C(=O)N1Cc2ccccc2C(C)(C)C1. The lowest BCUT2D eigenvalue weighted by Crippen LogP contribution is -2.49. The van der Waals surface area contributed by atoms with Crippen LogP contribution in [0.15, 0.2) is 24.3 Å². The molecule has 0 radical (unpaired) electrons. The fourth-order valence-corrected chi connectivity index (χ4v) is 2.59. The van der Waals surface area contributed by atoms with Crippen molar-refractivity contribution >= 4 is 5.91 Å². The lowest BCUT2D eigenvalue weighted by atomic mass is 9.78. The Hall–Kier alpha value is -1.35. The van der Waals surface area contributed by atoms with Crippen molar-refractivity contribution in [2.75, 3.05) is 6.54 Å². The van der Waals surface area contributed by atoms with Crippen LogP contribution in [0.1, 0.15) is 31.9 Å². The van der Waals surface area contributed by atoms with Crippen LogP contribution in [0.4, 0.5) is 0 Å². The largest absolute Gasteiger partial charge is 0.336 e. The van der Waals surface area contributed by atoms with Crippen LogP contribution in [0.2, 0.25) is 0 Å². The van der Waals surface area contributed by atoms with Gasteiger partial charge in [0.25, 0.3) is 0 Å². The lowest BCUT2D eigenvalue weighted by Gasteiger charge is -2.40. The molecule has 0 saturated heterocycles. The van der Waals surface area contributed by atoms with E-state index in [0.29, 0.717) is 6.54 Å². The van der Waals surface area contributed by atoms with Crippen molar-refractivity contribution in [3.05, 3.63) is 35.4 Å². The Morgan fingerprint density at radius 2 is 2.06 bits per heavy atom. The Morgan fingerprint density at radius 3 is 2.71 bits per heavy atom. The third kappa shape index (κ3) is 2.20. The number of nitrogens with two attached hydrogens (primary N) is 1. The Bertz CT molecular complexity index is 438. The second kappa shape index (κ2) is 4.15. The minimum atomic E-state index is -0.420. The summed E-state index contributed by atoms with van der Waals surface area (Å²) < 4.78 is 0. The molecule has 3 nitrogen and oxygen atoms in total. The average molecular weight is 232 g/mol. The van der Waals surface area contributed by atoms with Crippen LogP contribution < -0.4 is 5.73 Å². The number of amides is 1. The maximum atomic E-state index is 12.0. The summed E-state index contributed by atoms with van der Waals surface area (Å²) >= 11 is 0. The summed E-state index contributed by atoms with van der Waals surface area (Å²) in [5, 5.41) is 0. The van der Waals surface area contributed by atoms with E-state index in [9.17, 15) is 4.79 Å². The number of rotatable bonds is 1. The highest BCUT2D eigenvalue weighted by Crippen LogP contribution is 2.33. The summed E-state index contributed by atoms with van der Waals surface area (Å²) in [6.07, 6.45) is 0. The molecule has 0 spiro atoms. The van der Waals surface area contributed by atoms with Gasteiger partial charge in [-0.25, -0.2) is 0 Å². The van der Waals surface area contributed by atoms with Gasteiger partial charge in [-0.15, -0.1) is 0 Å². The Morgan fingerprint density at radius 1 is 1.41 bits per heavy atom. The molecule has 1 aliphatic rings. The first kappa shape index (κ1) is 12.1. The van der Waals surface area contributed by atoms with E-state index >= 15 is 0 Å². The summed E-state index contributed by atoms with van der Waals surface area (Å²) in [7, 11) is 0. The molecule has 2 N–H and O–H groups in total. The average Bonchev–Trinajstić information content (AvgIpc) is 2.27. The highest BCUT2D eigenvalue weighted by molar-refractivity contribution is 5.81. The molecule has 1 aromatic rings. The first-order chi connectivity index (χ1) is 7.92. The van der Waals surface area contributed by atoms with Crippen LogP contribution in [0.25, 0.3) is 0 Å². The molecule has 1 amide bonds. The van der Waals surface area contributed by atoms with Crippen LogP contribution in [-0.4, -0.2) is 23.4 Å². The predicted octanol–water partition coefficient (Wildman–Crippen LogP) is 1.65. The molecule has 0 bridgehead atoms. The Labute approximate surface area is 103 Å². The van der Waals surface area contributed by atoms with E-state index in [2.05, 4.69) is 32.0 Å². The van der Waals surface area contributed by atoms with Crippen molar-refractivity contribution in [2.24, 2.45) is 5.73 Å². The number of carbonyl (C=O) groups is 1. The number of nitrogens with zero attached hydrogens (tertiary/aromatic N) is 1. The van der Waals surface area contributed by atoms with Crippen molar-refractivity contribution in [2.45, 2.75) is 38.8 Å².